The van der Waals surface area contributed by atoms with Gasteiger partial charge in [0.2, 0.25) is 0 Å². The van der Waals surface area contributed by atoms with Crippen molar-refractivity contribution in [2.45, 2.75) is 0 Å². The molecular weight excluding hydrogens is 334 g/mol. The van der Waals surface area contributed by atoms with E-state index in [2.05, 4.69) is 10.6 Å². The van der Waals surface area contributed by atoms with Gasteiger partial charge in [0, 0.05) is 6.07 Å². The normalized spacial score (nSPS) is 9.83. The Kier molecular flexibility index (Phi) is 5.63. The van der Waals surface area contributed by atoms with Crippen molar-refractivity contribution in [3.8, 4) is 11.5 Å². The van der Waals surface area contributed by atoms with E-state index in [1.165, 1.54) is 12.1 Å². The number of carbonyl (C=O) groups excluding carboxylic acids is 1. The number of aromatic hydroxyl groups is 1. The summed E-state index contributed by atoms with van der Waals surface area (Å²) in [5.74, 6) is -0.307. The van der Waals surface area contributed by atoms with Crippen LogP contribution in [0.3, 0.4) is 0 Å². The van der Waals surface area contributed by atoms with Crippen molar-refractivity contribution in [1.82, 2.24) is 5.32 Å². The van der Waals surface area contributed by atoms with Crippen molar-refractivity contribution in [1.29, 1.82) is 0 Å². The number of amides is 1. The fraction of sp³-hybridized carbons (Fsp3) is 0.0667. The number of phenols is 1. The SMILES string of the molecule is O=C(COc1ccccc1)NC(=S)Nc1ccc([N+](=O)[O-])cc1O. The number of hydrogen-bond donors (Lipinski definition) is 3. The van der Waals surface area contributed by atoms with Gasteiger partial charge in [0.15, 0.2) is 11.7 Å². The number of phenolic OH excluding ortho intramolecular Hbond substituents is 1. The Morgan fingerprint density at radius 1 is 1.25 bits per heavy atom. The summed E-state index contributed by atoms with van der Waals surface area (Å²) < 4.78 is 5.26. The van der Waals surface area contributed by atoms with Crippen LogP contribution in [0.1, 0.15) is 0 Å². The molecule has 0 aliphatic heterocycles. The van der Waals surface area contributed by atoms with E-state index in [0.717, 1.165) is 6.07 Å². The quantitative estimate of drug-likeness (QED) is 0.329. The molecule has 0 atom stereocenters. The molecule has 3 N–H and O–H groups in total. The summed E-state index contributed by atoms with van der Waals surface area (Å²) in [6.45, 7) is -0.238. The molecule has 0 heterocycles. The third kappa shape index (κ3) is 4.92. The lowest BCUT2D eigenvalue weighted by Gasteiger charge is -2.11. The minimum atomic E-state index is -0.634. The number of nitrogens with zero attached hydrogens (tertiary/aromatic N) is 1. The van der Waals surface area contributed by atoms with Crippen molar-refractivity contribution in [3.63, 3.8) is 0 Å². The van der Waals surface area contributed by atoms with Gasteiger partial charge in [-0.15, -0.1) is 0 Å². The molecule has 0 fully saturated rings. The Bertz CT molecular complexity index is 767. The fourth-order valence-corrected chi connectivity index (χ4v) is 1.94. The van der Waals surface area contributed by atoms with E-state index in [9.17, 15) is 20.0 Å². The third-order valence-corrected chi connectivity index (χ3v) is 3.01. The molecule has 0 saturated heterocycles. The van der Waals surface area contributed by atoms with E-state index in [0.29, 0.717) is 5.75 Å². The number of ether oxygens (including phenoxy) is 1. The minimum Gasteiger partial charge on any atom is -0.506 e. The zero-order valence-corrected chi connectivity index (χ0v) is 13.1. The van der Waals surface area contributed by atoms with Gasteiger partial charge < -0.3 is 15.2 Å². The molecule has 124 valence electrons. The van der Waals surface area contributed by atoms with E-state index >= 15 is 0 Å². The Balaban J connectivity index is 1.86. The highest BCUT2D eigenvalue weighted by Crippen LogP contribution is 2.27. The first-order valence-corrected chi connectivity index (χ1v) is 7.12. The molecule has 24 heavy (non-hydrogen) atoms. The number of non-ortho nitro benzene ring substituents is 1. The summed E-state index contributed by atoms with van der Waals surface area (Å²) in [4.78, 5) is 21.7. The average Bonchev–Trinajstić information content (AvgIpc) is 2.55. The highest BCUT2D eigenvalue weighted by Gasteiger charge is 2.12. The molecule has 0 aliphatic rings. The molecule has 0 aromatic heterocycles. The van der Waals surface area contributed by atoms with Crippen LogP contribution in [-0.2, 0) is 4.79 Å². The van der Waals surface area contributed by atoms with Crippen molar-refractivity contribution in [3.05, 3.63) is 58.6 Å². The van der Waals surface area contributed by atoms with Gasteiger partial charge in [-0.05, 0) is 30.4 Å². The predicted octanol–water partition coefficient (Wildman–Crippen LogP) is 2.19. The molecule has 0 unspecified atom stereocenters. The zero-order chi connectivity index (χ0) is 17.5. The summed E-state index contributed by atoms with van der Waals surface area (Å²) >= 11 is 4.94. The largest absolute Gasteiger partial charge is 0.506 e. The maximum Gasteiger partial charge on any atom is 0.273 e. The van der Waals surface area contributed by atoms with E-state index in [1.54, 1.807) is 24.3 Å². The number of nitro benzene ring substituents is 1. The van der Waals surface area contributed by atoms with E-state index < -0.39 is 10.8 Å². The second kappa shape index (κ2) is 7.88. The number of carbonyl (C=O) groups is 1. The molecule has 0 aliphatic carbocycles. The van der Waals surface area contributed by atoms with Crippen LogP contribution < -0.4 is 15.4 Å². The van der Waals surface area contributed by atoms with E-state index in [4.69, 9.17) is 17.0 Å². The first-order valence-electron chi connectivity index (χ1n) is 6.72. The summed E-state index contributed by atoms with van der Waals surface area (Å²) in [6, 6.07) is 12.2. The highest BCUT2D eigenvalue weighted by atomic mass is 32.1. The average molecular weight is 347 g/mol. The Hall–Kier alpha value is -3.20. The van der Waals surface area contributed by atoms with Crippen LogP contribution in [-0.4, -0.2) is 27.7 Å². The van der Waals surface area contributed by atoms with Crippen molar-refractivity contribution < 1.29 is 19.6 Å². The third-order valence-electron chi connectivity index (χ3n) is 2.81. The van der Waals surface area contributed by atoms with Crippen molar-refractivity contribution in [2.24, 2.45) is 0 Å². The first-order chi connectivity index (χ1) is 11.5. The smallest absolute Gasteiger partial charge is 0.273 e. The predicted molar refractivity (Wildman–Crippen MR) is 91.1 cm³/mol. The lowest BCUT2D eigenvalue weighted by atomic mass is 10.2. The van der Waals surface area contributed by atoms with Gasteiger partial charge in [-0.25, -0.2) is 0 Å². The summed E-state index contributed by atoms with van der Waals surface area (Å²) in [5.41, 5.74) is -0.126. The van der Waals surface area contributed by atoms with Crippen LogP contribution in [0.5, 0.6) is 11.5 Å². The zero-order valence-electron chi connectivity index (χ0n) is 12.3. The fourth-order valence-electron chi connectivity index (χ4n) is 1.72. The topological polar surface area (TPSA) is 114 Å². The standard InChI is InChI=1S/C15H13N3O5S/c19-13-8-10(18(21)22)6-7-12(13)16-15(24)17-14(20)9-23-11-4-2-1-3-5-11/h1-8,19H,9H2,(H2,16,17,20,24). The van der Waals surface area contributed by atoms with E-state index in [-0.39, 0.29) is 28.8 Å². The molecule has 0 spiro atoms. The molecule has 2 aromatic rings. The highest BCUT2D eigenvalue weighted by molar-refractivity contribution is 7.80. The Morgan fingerprint density at radius 3 is 2.58 bits per heavy atom. The summed E-state index contributed by atoms with van der Waals surface area (Å²) in [5, 5.41) is 25.2. The molecule has 2 rings (SSSR count). The number of thiocarbonyl (C=S) groups is 1. The molecule has 8 nitrogen and oxygen atoms in total. The molecule has 2 aromatic carbocycles. The number of anilines is 1. The maximum atomic E-state index is 11.7. The van der Waals surface area contributed by atoms with Gasteiger partial charge in [0.1, 0.15) is 11.5 Å². The van der Waals surface area contributed by atoms with Gasteiger partial charge in [-0.2, -0.15) is 0 Å². The number of hydrogen-bond acceptors (Lipinski definition) is 6. The Morgan fingerprint density at radius 2 is 1.96 bits per heavy atom. The Labute approximate surface area is 142 Å². The monoisotopic (exact) mass is 347 g/mol. The number of nitrogens with one attached hydrogen (secondary N) is 2. The lowest BCUT2D eigenvalue weighted by Crippen LogP contribution is -2.37. The molecule has 0 bridgehead atoms. The van der Waals surface area contributed by atoms with Gasteiger partial charge in [-0.3, -0.25) is 20.2 Å². The van der Waals surface area contributed by atoms with Crippen LogP contribution in [0.2, 0.25) is 0 Å². The van der Waals surface area contributed by atoms with Gasteiger partial charge in [0.25, 0.3) is 11.6 Å². The summed E-state index contributed by atoms with van der Waals surface area (Å²) in [6.07, 6.45) is 0. The molecular formula is C15H13N3O5S. The van der Waals surface area contributed by atoms with Crippen LogP contribution in [0, 0.1) is 10.1 Å². The van der Waals surface area contributed by atoms with Crippen LogP contribution in [0.25, 0.3) is 0 Å². The van der Waals surface area contributed by atoms with Gasteiger partial charge >= 0.3 is 0 Å². The molecule has 0 saturated carbocycles. The molecule has 9 heteroatoms. The van der Waals surface area contributed by atoms with Gasteiger partial charge in [-0.1, -0.05) is 18.2 Å². The lowest BCUT2D eigenvalue weighted by molar-refractivity contribution is -0.384. The van der Waals surface area contributed by atoms with Crippen molar-refractivity contribution in [2.75, 3.05) is 11.9 Å². The first kappa shape index (κ1) is 17.2. The second-order valence-electron chi connectivity index (χ2n) is 4.56. The van der Waals surface area contributed by atoms with E-state index in [1.807, 2.05) is 6.07 Å². The van der Waals surface area contributed by atoms with Crippen LogP contribution in [0.4, 0.5) is 11.4 Å². The van der Waals surface area contributed by atoms with Crippen LogP contribution >= 0.6 is 12.2 Å². The maximum absolute atomic E-state index is 11.7. The van der Waals surface area contributed by atoms with Crippen molar-refractivity contribution >= 4 is 34.6 Å². The number of para-hydroxylation sites is 1. The van der Waals surface area contributed by atoms with Crippen LogP contribution in [0.15, 0.2) is 48.5 Å². The number of benzene rings is 2. The molecule has 1 amide bonds. The second-order valence-corrected chi connectivity index (χ2v) is 4.97. The van der Waals surface area contributed by atoms with Gasteiger partial charge in [0.05, 0.1) is 16.7 Å². The number of nitro groups is 1. The summed E-state index contributed by atoms with van der Waals surface area (Å²) in [7, 11) is 0. The molecule has 0 radical (unpaired) electrons. The minimum absolute atomic E-state index is 0.0687. The number of rotatable bonds is 5.